The van der Waals surface area contributed by atoms with Gasteiger partial charge in [0.05, 0.1) is 30.8 Å². The average molecular weight is 511 g/mol. The molecular formula is C28H34N2O5S. The molecule has 0 unspecified atom stereocenters. The first-order valence-corrected chi connectivity index (χ1v) is 13.2. The first-order chi connectivity index (χ1) is 17.1. The Labute approximate surface area is 214 Å². The lowest BCUT2D eigenvalue weighted by molar-refractivity contribution is -0.120. The molecule has 0 fully saturated rings. The smallest absolute Gasteiger partial charge is 0.264 e. The van der Waals surface area contributed by atoms with E-state index in [1.807, 2.05) is 26.0 Å². The number of amides is 1. The van der Waals surface area contributed by atoms with Crippen LogP contribution in [0.4, 0.5) is 5.69 Å². The van der Waals surface area contributed by atoms with Crippen molar-refractivity contribution in [3.63, 3.8) is 0 Å². The molecule has 8 heteroatoms. The molecule has 0 heterocycles. The molecule has 0 saturated carbocycles. The molecule has 0 radical (unpaired) electrons. The Balaban J connectivity index is 1.94. The van der Waals surface area contributed by atoms with E-state index in [0.29, 0.717) is 5.75 Å². The normalized spacial score (nSPS) is 12.2. The predicted molar refractivity (Wildman–Crippen MR) is 142 cm³/mol. The Bertz CT molecular complexity index is 1310. The Kier molecular flexibility index (Phi) is 8.63. The number of benzene rings is 3. The second kappa shape index (κ2) is 11.5. The molecule has 3 aromatic rings. The van der Waals surface area contributed by atoms with Crippen LogP contribution in [0, 0.1) is 6.92 Å². The third-order valence-electron chi connectivity index (χ3n) is 6.06. The molecule has 3 aromatic carbocycles. The highest BCUT2D eigenvalue weighted by Crippen LogP contribution is 2.33. The van der Waals surface area contributed by atoms with Gasteiger partial charge in [-0.25, -0.2) is 8.42 Å². The lowest BCUT2D eigenvalue weighted by Crippen LogP contribution is -2.41. The van der Waals surface area contributed by atoms with Crippen molar-refractivity contribution in [3.8, 4) is 11.5 Å². The highest BCUT2D eigenvalue weighted by atomic mass is 32.2. The van der Waals surface area contributed by atoms with Crippen molar-refractivity contribution in [2.45, 2.75) is 44.6 Å². The van der Waals surface area contributed by atoms with Crippen molar-refractivity contribution in [2.24, 2.45) is 0 Å². The largest absolute Gasteiger partial charge is 0.496 e. The number of sulfonamides is 1. The fourth-order valence-corrected chi connectivity index (χ4v) is 5.61. The first kappa shape index (κ1) is 27.1. The molecule has 1 amide bonds. The van der Waals surface area contributed by atoms with Crippen molar-refractivity contribution in [1.29, 1.82) is 0 Å². The van der Waals surface area contributed by atoms with Crippen molar-refractivity contribution in [3.05, 3.63) is 83.4 Å². The second-order valence-electron chi connectivity index (χ2n) is 8.89. The number of rotatable bonds is 10. The van der Waals surface area contributed by atoms with Crippen LogP contribution in [0.3, 0.4) is 0 Å². The molecule has 3 rings (SSSR count). The number of methoxy groups -OCH3 is 2. The van der Waals surface area contributed by atoms with Gasteiger partial charge in [-0.15, -0.1) is 0 Å². The van der Waals surface area contributed by atoms with E-state index < -0.39 is 22.5 Å². The molecule has 0 bridgehead atoms. The average Bonchev–Trinajstić information content (AvgIpc) is 2.87. The van der Waals surface area contributed by atoms with Gasteiger partial charge in [0.15, 0.2) is 0 Å². The Morgan fingerprint density at radius 2 is 1.50 bits per heavy atom. The molecule has 0 aliphatic carbocycles. The van der Waals surface area contributed by atoms with Crippen molar-refractivity contribution < 1.29 is 22.7 Å². The van der Waals surface area contributed by atoms with E-state index >= 15 is 0 Å². The SMILES string of the molecule is COc1cc(C)c([C@H](C)NC(=O)CN(c2ccccc2OC)S(=O)(=O)c2ccccc2)cc1C(C)C. The van der Waals surface area contributed by atoms with E-state index in [4.69, 9.17) is 9.47 Å². The first-order valence-electron chi connectivity index (χ1n) is 11.8. The maximum Gasteiger partial charge on any atom is 0.264 e. The second-order valence-corrected chi connectivity index (χ2v) is 10.8. The summed E-state index contributed by atoms with van der Waals surface area (Å²) in [5.41, 5.74) is 3.25. The van der Waals surface area contributed by atoms with Gasteiger partial charge in [0.2, 0.25) is 5.91 Å². The van der Waals surface area contributed by atoms with Crippen molar-refractivity contribution in [1.82, 2.24) is 5.32 Å². The van der Waals surface area contributed by atoms with Crippen molar-refractivity contribution in [2.75, 3.05) is 25.1 Å². The molecule has 0 aromatic heterocycles. The molecule has 0 spiro atoms. The fourth-order valence-electron chi connectivity index (χ4n) is 4.16. The van der Waals surface area contributed by atoms with E-state index in [1.54, 1.807) is 49.6 Å². The maximum absolute atomic E-state index is 13.6. The van der Waals surface area contributed by atoms with Crippen LogP contribution in [0.15, 0.2) is 71.6 Å². The van der Waals surface area contributed by atoms with Crippen LogP contribution < -0.4 is 19.1 Å². The number of aryl methyl sites for hydroxylation is 1. The van der Waals surface area contributed by atoms with Crippen LogP contribution >= 0.6 is 0 Å². The van der Waals surface area contributed by atoms with Crippen molar-refractivity contribution >= 4 is 21.6 Å². The summed E-state index contributed by atoms with van der Waals surface area (Å²) in [7, 11) is -0.932. The summed E-state index contributed by atoms with van der Waals surface area (Å²) >= 11 is 0. The molecule has 36 heavy (non-hydrogen) atoms. The molecule has 1 atom stereocenters. The Morgan fingerprint density at radius 1 is 0.889 bits per heavy atom. The number of hydrogen-bond acceptors (Lipinski definition) is 5. The lowest BCUT2D eigenvalue weighted by atomic mass is 9.93. The van der Waals surface area contributed by atoms with E-state index in [1.165, 1.54) is 19.2 Å². The maximum atomic E-state index is 13.6. The van der Waals surface area contributed by atoms with Gasteiger partial charge in [0.1, 0.15) is 18.0 Å². The van der Waals surface area contributed by atoms with Crippen LogP contribution in [-0.2, 0) is 14.8 Å². The topological polar surface area (TPSA) is 84.9 Å². The third-order valence-corrected chi connectivity index (χ3v) is 7.83. The lowest BCUT2D eigenvalue weighted by Gasteiger charge is -2.27. The van der Waals surface area contributed by atoms with Crippen LogP contribution in [0.5, 0.6) is 11.5 Å². The summed E-state index contributed by atoms with van der Waals surface area (Å²) in [6, 6.07) is 18.5. The number of nitrogens with one attached hydrogen (secondary N) is 1. The highest BCUT2D eigenvalue weighted by Gasteiger charge is 2.30. The summed E-state index contributed by atoms with van der Waals surface area (Å²) in [6.45, 7) is 7.61. The zero-order valence-corrected chi connectivity index (χ0v) is 22.4. The summed E-state index contributed by atoms with van der Waals surface area (Å²) in [4.78, 5) is 13.3. The van der Waals surface area contributed by atoms with Crippen LogP contribution in [0.1, 0.15) is 49.4 Å². The number of carbonyl (C=O) groups is 1. The van der Waals surface area contributed by atoms with E-state index in [-0.39, 0.29) is 22.5 Å². The van der Waals surface area contributed by atoms with Gasteiger partial charge in [0, 0.05) is 0 Å². The van der Waals surface area contributed by atoms with Crippen LogP contribution in [-0.4, -0.2) is 35.1 Å². The molecular weight excluding hydrogens is 476 g/mol. The number of para-hydroxylation sites is 2. The van der Waals surface area contributed by atoms with Gasteiger partial charge >= 0.3 is 0 Å². The number of carbonyl (C=O) groups excluding carboxylic acids is 1. The molecule has 0 aliphatic rings. The monoisotopic (exact) mass is 510 g/mol. The van der Waals surface area contributed by atoms with Gasteiger partial charge < -0.3 is 14.8 Å². The Hall–Kier alpha value is -3.52. The third kappa shape index (κ3) is 5.82. The van der Waals surface area contributed by atoms with E-state index in [0.717, 1.165) is 26.7 Å². The minimum absolute atomic E-state index is 0.0873. The van der Waals surface area contributed by atoms with Gasteiger partial charge in [-0.05, 0) is 72.9 Å². The molecule has 7 nitrogen and oxygen atoms in total. The zero-order chi connectivity index (χ0) is 26.5. The number of hydrogen-bond donors (Lipinski definition) is 1. The molecule has 0 saturated heterocycles. The summed E-state index contributed by atoms with van der Waals surface area (Å²) in [5.74, 6) is 0.958. The van der Waals surface area contributed by atoms with Crippen LogP contribution in [0.25, 0.3) is 0 Å². The van der Waals surface area contributed by atoms with Crippen LogP contribution in [0.2, 0.25) is 0 Å². The zero-order valence-electron chi connectivity index (χ0n) is 21.6. The molecule has 1 N–H and O–H groups in total. The Morgan fingerprint density at radius 3 is 2.11 bits per heavy atom. The minimum atomic E-state index is -4.04. The number of nitrogens with zero attached hydrogens (tertiary/aromatic N) is 1. The predicted octanol–water partition coefficient (Wildman–Crippen LogP) is 5.21. The standard InChI is InChI=1S/C28H34N2O5S/c1-19(2)23-17-24(20(3)16-27(23)35-6)21(4)29-28(31)18-30(25-14-10-11-15-26(25)34-5)36(32,33)22-12-8-7-9-13-22/h7-17,19,21H,18H2,1-6H3,(H,29,31)/t21-/m0/s1. The summed E-state index contributed by atoms with van der Waals surface area (Å²) < 4.78 is 39.3. The van der Waals surface area contributed by atoms with E-state index in [9.17, 15) is 13.2 Å². The number of ether oxygens (including phenoxy) is 2. The quantitative estimate of drug-likeness (QED) is 0.405. The van der Waals surface area contributed by atoms with E-state index in [2.05, 4.69) is 19.2 Å². The minimum Gasteiger partial charge on any atom is -0.496 e. The fraction of sp³-hybridized carbons (Fsp3) is 0.321. The molecule has 192 valence electrons. The van der Waals surface area contributed by atoms with Gasteiger partial charge in [-0.1, -0.05) is 44.2 Å². The highest BCUT2D eigenvalue weighted by molar-refractivity contribution is 7.92. The number of anilines is 1. The summed E-state index contributed by atoms with van der Waals surface area (Å²) in [6.07, 6.45) is 0. The molecule has 0 aliphatic heterocycles. The van der Waals surface area contributed by atoms with Gasteiger partial charge in [0.25, 0.3) is 10.0 Å². The van der Waals surface area contributed by atoms with Gasteiger partial charge in [-0.2, -0.15) is 0 Å². The van der Waals surface area contributed by atoms with Gasteiger partial charge in [-0.3, -0.25) is 9.10 Å². The summed E-state index contributed by atoms with van der Waals surface area (Å²) in [5, 5.41) is 2.98.